The van der Waals surface area contributed by atoms with Crippen LogP contribution in [0.15, 0.2) is 85.5 Å². The van der Waals surface area contributed by atoms with Crippen LogP contribution < -0.4 is 9.80 Å². The zero-order valence-corrected chi connectivity index (χ0v) is 27.9. The Hall–Kier alpha value is -5.01. The molecule has 280 valence electrons. The molecular formula is C32H28F7N8O5P. The molecule has 2 aromatic carbocycles. The number of anilines is 2. The molecule has 3 aromatic heterocycles. The number of aliphatic hydroxyl groups is 1. The summed E-state index contributed by atoms with van der Waals surface area (Å²) in [6.07, 6.45) is -4.71. The molecule has 1 aliphatic rings. The molecule has 0 radical (unpaired) electrons. The predicted octanol–water partition coefficient (Wildman–Crippen LogP) is 5.13. The minimum Gasteiger partial charge on any atom is -0.377 e. The van der Waals surface area contributed by atoms with Crippen LogP contribution in [0.2, 0.25) is 0 Å². The second-order valence-electron chi connectivity index (χ2n) is 12.0. The van der Waals surface area contributed by atoms with Crippen molar-refractivity contribution in [1.29, 1.82) is 0 Å². The van der Waals surface area contributed by atoms with Gasteiger partial charge in [0.1, 0.15) is 23.7 Å². The Balaban J connectivity index is 1.12. The Bertz CT molecular complexity index is 2060. The lowest BCUT2D eigenvalue weighted by atomic mass is 9.84. The zero-order valence-electron chi connectivity index (χ0n) is 27.0. The first-order valence-corrected chi connectivity index (χ1v) is 17.1. The van der Waals surface area contributed by atoms with E-state index in [1.165, 1.54) is 24.5 Å². The van der Waals surface area contributed by atoms with Crippen molar-refractivity contribution in [2.75, 3.05) is 36.0 Å². The fraction of sp³-hybridized carbons (Fsp3) is 0.281. The third kappa shape index (κ3) is 8.16. The highest BCUT2D eigenvalue weighted by Crippen LogP contribution is 2.49. The molecule has 1 fully saturated rings. The number of aromatic nitrogens is 6. The van der Waals surface area contributed by atoms with Gasteiger partial charge in [0.15, 0.2) is 5.60 Å². The van der Waals surface area contributed by atoms with Gasteiger partial charge >= 0.3 is 19.9 Å². The third-order valence-electron chi connectivity index (χ3n) is 8.55. The first kappa shape index (κ1) is 37.7. The van der Waals surface area contributed by atoms with Gasteiger partial charge < -0.3 is 24.7 Å². The van der Waals surface area contributed by atoms with E-state index >= 15 is 8.78 Å². The average Bonchev–Trinajstić information content (AvgIpc) is 3.63. The van der Waals surface area contributed by atoms with Crippen molar-refractivity contribution in [2.24, 2.45) is 0 Å². The molecule has 5 aromatic rings. The van der Waals surface area contributed by atoms with E-state index < -0.39 is 66.8 Å². The number of hydrogen-bond acceptors (Lipinski definition) is 10. The monoisotopic (exact) mass is 768 g/mol. The van der Waals surface area contributed by atoms with E-state index in [9.17, 15) is 31.6 Å². The summed E-state index contributed by atoms with van der Waals surface area (Å²) in [6, 6.07) is 13.7. The second kappa shape index (κ2) is 14.4. The fourth-order valence-electron chi connectivity index (χ4n) is 5.87. The average molecular weight is 769 g/mol. The topological polar surface area (TPSA) is 163 Å². The number of alkyl halides is 5. The highest BCUT2D eigenvalue weighted by atomic mass is 31.2. The molecule has 2 unspecified atom stereocenters. The Kier molecular flexibility index (Phi) is 10.3. The molecule has 0 bridgehead atoms. The summed E-state index contributed by atoms with van der Waals surface area (Å²) in [7, 11) is -5.45. The maximum absolute atomic E-state index is 16.1. The van der Waals surface area contributed by atoms with Crippen molar-refractivity contribution >= 4 is 19.2 Å². The summed E-state index contributed by atoms with van der Waals surface area (Å²) >= 11 is 0. The highest BCUT2D eigenvalue weighted by molar-refractivity contribution is 7.46. The number of halogens is 7. The maximum atomic E-state index is 16.1. The molecule has 4 heterocycles. The Morgan fingerprint density at radius 2 is 1.45 bits per heavy atom. The van der Waals surface area contributed by atoms with Crippen LogP contribution in [-0.2, 0) is 27.2 Å². The van der Waals surface area contributed by atoms with Crippen molar-refractivity contribution in [3.8, 4) is 11.1 Å². The molecule has 21 heteroatoms. The highest BCUT2D eigenvalue weighted by Gasteiger charge is 2.58. The van der Waals surface area contributed by atoms with E-state index in [2.05, 4.69) is 34.9 Å². The zero-order chi connectivity index (χ0) is 38.2. The van der Waals surface area contributed by atoms with Gasteiger partial charge in [-0.25, -0.2) is 18.0 Å². The number of tetrazole rings is 1. The van der Waals surface area contributed by atoms with E-state index in [1.54, 1.807) is 12.1 Å². The Morgan fingerprint density at radius 1 is 0.811 bits per heavy atom. The lowest BCUT2D eigenvalue weighted by molar-refractivity contribution is -0.207. The van der Waals surface area contributed by atoms with Crippen molar-refractivity contribution in [3.63, 3.8) is 0 Å². The van der Waals surface area contributed by atoms with Gasteiger partial charge in [-0.3, -0.25) is 14.5 Å². The van der Waals surface area contributed by atoms with Crippen LogP contribution in [0.5, 0.6) is 0 Å². The Labute approximate surface area is 295 Å². The van der Waals surface area contributed by atoms with Crippen LogP contribution in [-0.4, -0.2) is 77.4 Å². The van der Waals surface area contributed by atoms with Gasteiger partial charge in [0, 0.05) is 55.3 Å². The standard InChI is InChI=1S/C32H28F7N8O5P/c33-22-4-8-25(26(34)15-22)30(48,18-47-19-42-43-44-47)31(35,36)28-10-3-21(16-41-28)20-1-5-23(6-2-20)45-11-13-46(14-12-45)24-7-9-27(40-17-24)29(32(37,38)39)52-53(49,50)51/h1-10,15-17,19,29,48H,11-14,18H2,(H2,49,50,51). The number of rotatable bonds is 11. The predicted molar refractivity (Wildman–Crippen MR) is 172 cm³/mol. The molecule has 0 spiro atoms. The number of phosphoric acid groups is 1. The second-order valence-corrected chi connectivity index (χ2v) is 13.2. The molecule has 0 saturated carbocycles. The molecule has 53 heavy (non-hydrogen) atoms. The summed E-state index contributed by atoms with van der Waals surface area (Å²) < 4.78 is 116. The lowest BCUT2D eigenvalue weighted by Crippen LogP contribution is -2.48. The van der Waals surface area contributed by atoms with E-state index in [-0.39, 0.29) is 0 Å². The first-order chi connectivity index (χ1) is 24.9. The summed E-state index contributed by atoms with van der Waals surface area (Å²) in [5.74, 6) is -6.65. The summed E-state index contributed by atoms with van der Waals surface area (Å²) in [6.45, 7) is 0.969. The van der Waals surface area contributed by atoms with E-state index in [0.29, 0.717) is 49.1 Å². The molecule has 13 nitrogen and oxygen atoms in total. The molecular weight excluding hydrogens is 740 g/mol. The van der Waals surface area contributed by atoms with Gasteiger partial charge in [-0.15, -0.1) is 5.10 Å². The van der Waals surface area contributed by atoms with Crippen LogP contribution in [0.25, 0.3) is 11.1 Å². The molecule has 0 aliphatic carbocycles. The summed E-state index contributed by atoms with van der Waals surface area (Å²) in [4.78, 5) is 29.4. The number of hydrogen-bond donors (Lipinski definition) is 3. The first-order valence-electron chi connectivity index (χ1n) is 15.5. The fourth-order valence-corrected chi connectivity index (χ4v) is 6.38. The van der Waals surface area contributed by atoms with Crippen molar-refractivity contribution in [3.05, 3.63) is 114 Å². The van der Waals surface area contributed by atoms with Gasteiger partial charge in [0.25, 0.3) is 0 Å². The van der Waals surface area contributed by atoms with Crippen LogP contribution in [0.4, 0.5) is 42.1 Å². The Morgan fingerprint density at radius 3 is 1.98 bits per heavy atom. The summed E-state index contributed by atoms with van der Waals surface area (Å²) in [5.41, 5.74) is -3.36. The van der Waals surface area contributed by atoms with Gasteiger partial charge in [-0.1, -0.05) is 18.2 Å². The van der Waals surface area contributed by atoms with Gasteiger partial charge in [0.05, 0.1) is 24.1 Å². The van der Waals surface area contributed by atoms with E-state index in [0.717, 1.165) is 41.0 Å². The van der Waals surface area contributed by atoms with Crippen LogP contribution in [0.3, 0.4) is 0 Å². The molecule has 1 aliphatic heterocycles. The minimum absolute atomic E-state index is 0.378. The van der Waals surface area contributed by atoms with Gasteiger partial charge in [0.2, 0.25) is 6.10 Å². The van der Waals surface area contributed by atoms with Crippen LogP contribution in [0, 0.1) is 11.6 Å². The smallest absolute Gasteiger partial charge is 0.377 e. The van der Waals surface area contributed by atoms with E-state index in [4.69, 9.17) is 9.79 Å². The molecule has 0 amide bonds. The minimum atomic E-state index is -5.45. The summed E-state index contributed by atoms with van der Waals surface area (Å²) in [5, 5.41) is 21.6. The molecule has 3 N–H and O–H groups in total. The lowest BCUT2D eigenvalue weighted by Gasteiger charge is -2.37. The number of piperazine rings is 1. The maximum Gasteiger partial charge on any atom is 0.470 e. The quantitative estimate of drug-likeness (QED) is 0.120. The number of nitrogens with zero attached hydrogens (tertiary/aromatic N) is 8. The molecule has 1 saturated heterocycles. The van der Waals surface area contributed by atoms with Crippen LogP contribution in [0.1, 0.15) is 23.1 Å². The SMILES string of the molecule is O=P(O)(O)OC(c1ccc(N2CCN(c3ccc(-c4ccc(C(F)(F)C(O)(Cn5cnnn5)c5ccc(F)cc5F)nc4)cc3)CC2)cn1)C(F)(F)F. The van der Waals surface area contributed by atoms with Crippen LogP contribution >= 0.6 is 7.82 Å². The normalized spacial score (nSPS) is 16.0. The van der Waals surface area contributed by atoms with Gasteiger partial charge in [-0.05, 0) is 58.5 Å². The van der Waals surface area contributed by atoms with E-state index in [1.807, 2.05) is 17.0 Å². The number of phosphoric ester groups is 1. The molecule has 6 rings (SSSR count). The number of pyridine rings is 2. The third-order valence-corrected chi connectivity index (χ3v) is 9.04. The number of benzene rings is 2. The largest absolute Gasteiger partial charge is 0.470 e. The van der Waals surface area contributed by atoms with Gasteiger partial charge in [-0.2, -0.15) is 22.0 Å². The van der Waals surface area contributed by atoms with Crippen molar-refractivity contribution in [2.45, 2.75) is 30.3 Å². The molecule has 2 atom stereocenters. The van der Waals surface area contributed by atoms with Crippen molar-refractivity contribution < 1.29 is 54.7 Å². The van der Waals surface area contributed by atoms with Crippen molar-refractivity contribution in [1.82, 2.24) is 30.2 Å².